The SMILES string of the molecule is COc1cc(C2C3=CCC4C(=O)N(CCc5ccc(O)cc5)C(=O)C4C3CC3C(=O)N(c4cccc(Cl)c4)C(=O)C32c2ccccc2)c(Br)c(Br)c1O. The van der Waals surface area contributed by atoms with E-state index < -0.39 is 46.8 Å². The predicted octanol–water partition coefficient (Wildman–Crippen LogP) is 7.69. The normalized spacial score (nSPS) is 26.3. The first kappa shape index (κ1) is 35.6. The van der Waals surface area contributed by atoms with Crippen LogP contribution >= 0.6 is 43.5 Å². The van der Waals surface area contributed by atoms with Crippen LogP contribution in [0, 0.1) is 23.7 Å². The third kappa shape index (κ3) is 5.37. The molecule has 2 saturated heterocycles. The first-order valence-corrected chi connectivity index (χ1v) is 19.2. The van der Waals surface area contributed by atoms with Gasteiger partial charge in [0.25, 0.3) is 0 Å². The van der Waals surface area contributed by atoms with Crippen LogP contribution in [0.4, 0.5) is 5.69 Å². The van der Waals surface area contributed by atoms with Gasteiger partial charge in [0.15, 0.2) is 11.5 Å². The standard InChI is InChI=1S/C41H33Br2ClN2O7/c1-53-31-20-29(34(42)35(43)36(31)48)33-26-14-15-27-32(39(51)45(37(27)49)17-16-21-10-12-25(47)13-11-21)28(26)19-30-38(50)46(24-9-5-8-23(44)18-24)40(52)41(30,33)22-6-3-2-4-7-22/h2-14,18,20,27-28,30,32-33,47-48H,15-17,19H2,1H3. The number of methoxy groups -OCH3 is 1. The third-order valence-corrected chi connectivity index (χ3v) is 13.9. The molecule has 2 aliphatic carbocycles. The molecular weight excluding hydrogens is 828 g/mol. The van der Waals surface area contributed by atoms with Crippen molar-refractivity contribution in [3.8, 4) is 17.2 Å². The molecule has 2 aliphatic heterocycles. The van der Waals surface area contributed by atoms with Crippen molar-refractivity contribution in [1.29, 1.82) is 0 Å². The van der Waals surface area contributed by atoms with E-state index in [1.807, 2.05) is 36.4 Å². The fraction of sp³-hybridized carbons (Fsp3) is 0.268. The zero-order chi connectivity index (χ0) is 37.3. The van der Waals surface area contributed by atoms with Crippen molar-refractivity contribution >= 4 is 72.8 Å². The fourth-order valence-corrected chi connectivity index (χ4v) is 10.4. The quantitative estimate of drug-likeness (QED) is 0.144. The average Bonchev–Trinajstić information content (AvgIpc) is 3.54. The minimum atomic E-state index is -1.50. The van der Waals surface area contributed by atoms with Gasteiger partial charge in [0.2, 0.25) is 23.6 Å². The van der Waals surface area contributed by atoms with Crippen molar-refractivity contribution in [2.75, 3.05) is 18.6 Å². The number of anilines is 1. The molecule has 4 aliphatic rings. The second-order valence-electron chi connectivity index (χ2n) is 14.0. The molecule has 0 spiro atoms. The Morgan fingerprint density at radius 1 is 0.868 bits per heavy atom. The van der Waals surface area contributed by atoms with Crippen LogP contribution in [-0.4, -0.2) is 52.4 Å². The van der Waals surface area contributed by atoms with Crippen molar-refractivity contribution in [3.05, 3.63) is 127 Å². The highest BCUT2D eigenvalue weighted by atomic mass is 79.9. The highest BCUT2D eigenvalue weighted by Gasteiger charge is 2.70. The first-order valence-electron chi connectivity index (χ1n) is 17.3. The number of hydrogen-bond acceptors (Lipinski definition) is 7. The van der Waals surface area contributed by atoms with Crippen LogP contribution in [0.5, 0.6) is 17.2 Å². The van der Waals surface area contributed by atoms with Crippen molar-refractivity contribution < 1.29 is 34.1 Å². The van der Waals surface area contributed by atoms with E-state index in [-0.39, 0.29) is 48.4 Å². The zero-order valence-electron chi connectivity index (χ0n) is 28.3. The number of benzene rings is 4. The topological polar surface area (TPSA) is 124 Å². The van der Waals surface area contributed by atoms with E-state index >= 15 is 4.79 Å². The van der Waals surface area contributed by atoms with Gasteiger partial charge in [-0.25, -0.2) is 4.90 Å². The number of carbonyl (C=O) groups is 4. The molecule has 1 saturated carbocycles. The van der Waals surface area contributed by atoms with Crippen molar-refractivity contribution in [1.82, 2.24) is 4.90 Å². The zero-order valence-corrected chi connectivity index (χ0v) is 32.3. The summed E-state index contributed by atoms with van der Waals surface area (Å²) in [5, 5.41) is 21.1. The van der Waals surface area contributed by atoms with E-state index in [4.69, 9.17) is 16.3 Å². The van der Waals surface area contributed by atoms with Crippen molar-refractivity contribution in [3.63, 3.8) is 0 Å². The largest absolute Gasteiger partial charge is 0.508 e. The Kier molecular flexibility index (Phi) is 9.02. The van der Waals surface area contributed by atoms with Gasteiger partial charge in [0.1, 0.15) is 5.75 Å². The van der Waals surface area contributed by atoms with Crippen LogP contribution < -0.4 is 9.64 Å². The lowest BCUT2D eigenvalue weighted by Crippen LogP contribution is -2.53. The summed E-state index contributed by atoms with van der Waals surface area (Å²) in [5.74, 6) is -4.98. The Balaban J connectivity index is 1.32. The molecule has 12 heteroatoms. The number of imide groups is 2. The molecule has 2 heterocycles. The summed E-state index contributed by atoms with van der Waals surface area (Å²) < 4.78 is 6.38. The minimum absolute atomic E-state index is 0.129. The summed E-state index contributed by atoms with van der Waals surface area (Å²) in [5.41, 5.74) is 1.69. The molecule has 6 atom stereocenters. The second-order valence-corrected chi connectivity index (χ2v) is 16.0. The van der Waals surface area contributed by atoms with Gasteiger partial charge in [0.05, 0.1) is 40.4 Å². The highest BCUT2D eigenvalue weighted by Crippen LogP contribution is 2.66. The Morgan fingerprint density at radius 3 is 2.30 bits per heavy atom. The Hall–Kier alpha value is -4.45. The molecule has 0 radical (unpaired) electrons. The molecule has 53 heavy (non-hydrogen) atoms. The Bertz CT molecular complexity index is 2230. The lowest BCUT2D eigenvalue weighted by atomic mass is 9.49. The van der Waals surface area contributed by atoms with Crippen molar-refractivity contribution in [2.45, 2.75) is 30.6 Å². The van der Waals surface area contributed by atoms with E-state index in [9.17, 15) is 24.6 Å². The van der Waals surface area contributed by atoms with Crippen LogP contribution in [-0.2, 0) is 31.0 Å². The molecular formula is C41H33Br2ClN2O7. The van der Waals surface area contributed by atoms with E-state index in [0.29, 0.717) is 37.2 Å². The lowest BCUT2D eigenvalue weighted by Gasteiger charge is -2.51. The Morgan fingerprint density at radius 2 is 1.60 bits per heavy atom. The maximum Gasteiger partial charge on any atom is 0.246 e. The van der Waals surface area contributed by atoms with Gasteiger partial charge in [0, 0.05) is 22.0 Å². The number of amides is 4. The van der Waals surface area contributed by atoms with Crippen LogP contribution in [0.3, 0.4) is 0 Å². The number of phenols is 2. The van der Waals surface area contributed by atoms with E-state index in [1.165, 1.54) is 16.9 Å². The Labute approximate surface area is 327 Å². The highest BCUT2D eigenvalue weighted by molar-refractivity contribution is 9.13. The van der Waals surface area contributed by atoms with Gasteiger partial charge in [-0.15, -0.1) is 0 Å². The van der Waals surface area contributed by atoms with Gasteiger partial charge in [-0.05, 0) is 110 Å². The summed E-state index contributed by atoms with van der Waals surface area (Å²) in [6.07, 6.45) is 2.84. The number of nitrogens with zero attached hydrogens (tertiary/aromatic N) is 2. The average molecular weight is 861 g/mol. The molecule has 8 rings (SSSR count). The van der Waals surface area contributed by atoms with Crippen LogP contribution in [0.1, 0.15) is 35.4 Å². The number of fused-ring (bicyclic) bond motifs is 4. The van der Waals surface area contributed by atoms with Gasteiger partial charge in [-0.1, -0.05) is 71.8 Å². The van der Waals surface area contributed by atoms with Gasteiger partial charge >= 0.3 is 0 Å². The molecule has 3 fully saturated rings. The molecule has 0 aromatic heterocycles. The number of aromatic hydroxyl groups is 2. The van der Waals surface area contributed by atoms with Crippen LogP contribution in [0.25, 0.3) is 0 Å². The molecule has 0 bridgehead atoms. The number of halogens is 3. The lowest BCUT2D eigenvalue weighted by molar-refractivity contribution is -0.140. The number of likely N-dealkylation sites (tertiary alicyclic amines) is 1. The van der Waals surface area contributed by atoms with Gasteiger partial charge in [-0.2, -0.15) is 0 Å². The van der Waals surface area contributed by atoms with E-state index in [1.54, 1.807) is 54.6 Å². The second kappa shape index (κ2) is 13.4. The summed E-state index contributed by atoms with van der Waals surface area (Å²) in [6.45, 7) is 0.173. The molecule has 2 N–H and O–H groups in total. The molecule has 270 valence electrons. The first-order chi connectivity index (χ1) is 25.5. The molecule has 9 nitrogen and oxygen atoms in total. The van der Waals surface area contributed by atoms with Gasteiger partial charge < -0.3 is 14.9 Å². The maximum absolute atomic E-state index is 15.5. The number of ether oxygens (including phenoxy) is 1. The minimum Gasteiger partial charge on any atom is -0.508 e. The molecule has 6 unspecified atom stereocenters. The predicted molar refractivity (Wildman–Crippen MR) is 205 cm³/mol. The molecule has 4 amide bonds. The van der Waals surface area contributed by atoms with Crippen LogP contribution in [0.2, 0.25) is 5.02 Å². The van der Waals surface area contributed by atoms with Gasteiger partial charge in [-0.3, -0.25) is 24.1 Å². The van der Waals surface area contributed by atoms with Crippen LogP contribution in [0.15, 0.2) is 106 Å². The summed E-state index contributed by atoms with van der Waals surface area (Å²) in [7, 11) is 1.43. The monoisotopic (exact) mass is 858 g/mol. The number of phenolic OH excluding ortho intramolecular Hbond substituents is 2. The van der Waals surface area contributed by atoms with E-state index in [2.05, 4.69) is 31.9 Å². The van der Waals surface area contributed by atoms with Crippen molar-refractivity contribution in [2.24, 2.45) is 23.7 Å². The fourth-order valence-electron chi connectivity index (χ4n) is 9.25. The van der Waals surface area contributed by atoms with E-state index in [0.717, 1.165) is 11.1 Å². The number of hydrogen-bond donors (Lipinski definition) is 2. The smallest absolute Gasteiger partial charge is 0.246 e. The number of allylic oxidation sites excluding steroid dienone is 2. The summed E-state index contributed by atoms with van der Waals surface area (Å²) in [6, 6.07) is 24.2. The third-order valence-electron chi connectivity index (χ3n) is 11.5. The number of carbonyl (C=O) groups excluding carboxylic acids is 4. The molecule has 4 aromatic carbocycles. The number of rotatable bonds is 7. The maximum atomic E-state index is 15.5. The summed E-state index contributed by atoms with van der Waals surface area (Å²) >= 11 is 13.7. The summed E-state index contributed by atoms with van der Waals surface area (Å²) in [4.78, 5) is 61.5. The molecule has 4 aromatic rings.